The van der Waals surface area contributed by atoms with Crippen LogP contribution in [0.1, 0.15) is 32.7 Å². The van der Waals surface area contributed by atoms with Crippen molar-refractivity contribution in [1.29, 1.82) is 0 Å². The van der Waals surface area contributed by atoms with E-state index < -0.39 is 0 Å². The minimum absolute atomic E-state index is 0.0318. The number of carbonyl (C=O) groups is 1. The predicted molar refractivity (Wildman–Crippen MR) is 64.9 cm³/mol. The summed E-state index contributed by atoms with van der Waals surface area (Å²) in [6.07, 6.45) is 5.63. The first-order chi connectivity index (χ1) is 8.00. The Balaban J connectivity index is 2.08. The molecule has 5 heteroatoms. The molecule has 0 aliphatic heterocycles. The van der Waals surface area contributed by atoms with Crippen LogP contribution in [0.25, 0.3) is 0 Å². The van der Waals surface area contributed by atoms with E-state index in [4.69, 9.17) is 0 Å². The van der Waals surface area contributed by atoms with Gasteiger partial charge in [-0.05, 0) is 26.7 Å². The molecule has 0 N–H and O–H groups in total. The third-order valence-electron chi connectivity index (χ3n) is 3.29. The van der Waals surface area contributed by atoms with E-state index in [2.05, 4.69) is 0 Å². The summed E-state index contributed by atoms with van der Waals surface area (Å²) in [4.78, 5) is 25.4. The molecule has 5 nitrogen and oxygen atoms in total. The molecule has 0 atom stereocenters. The lowest BCUT2D eigenvalue weighted by molar-refractivity contribution is -0.132. The minimum Gasteiger partial charge on any atom is -0.342 e. The number of rotatable bonds is 4. The number of imidazole rings is 1. The van der Waals surface area contributed by atoms with E-state index in [1.807, 2.05) is 13.8 Å². The zero-order valence-corrected chi connectivity index (χ0v) is 10.6. The molecular weight excluding hydrogens is 218 g/mol. The van der Waals surface area contributed by atoms with Crippen LogP contribution in [0.4, 0.5) is 0 Å². The molecule has 1 amide bonds. The highest BCUT2D eigenvalue weighted by atomic mass is 16.2. The Morgan fingerprint density at radius 1 is 1.47 bits per heavy atom. The average molecular weight is 237 g/mol. The van der Waals surface area contributed by atoms with E-state index in [9.17, 15) is 9.59 Å². The molecule has 0 unspecified atom stereocenters. The van der Waals surface area contributed by atoms with Crippen LogP contribution in [-0.4, -0.2) is 33.0 Å². The second-order valence-electron chi connectivity index (χ2n) is 4.95. The smallest absolute Gasteiger partial charge is 0.328 e. The highest BCUT2D eigenvalue weighted by Crippen LogP contribution is 2.33. The third-order valence-corrected chi connectivity index (χ3v) is 3.29. The lowest BCUT2D eigenvalue weighted by Gasteiger charge is -2.21. The summed E-state index contributed by atoms with van der Waals surface area (Å²) in [6, 6.07) is 0.519. The Labute approximate surface area is 101 Å². The first-order valence-electron chi connectivity index (χ1n) is 6.03. The summed E-state index contributed by atoms with van der Waals surface area (Å²) in [6.45, 7) is 4.04. The fraction of sp³-hybridized carbons (Fsp3) is 0.667. The van der Waals surface area contributed by atoms with Gasteiger partial charge in [0, 0.05) is 31.5 Å². The van der Waals surface area contributed by atoms with Crippen molar-refractivity contribution in [3.8, 4) is 0 Å². The Morgan fingerprint density at radius 2 is 2.12 bits per heavy atom. The van der Waals surface area contributed by atoms with Crippen LogP contribution < -0.4 is 5.69 Å². The number of carbonyl (C=O) groups excluding carboxylic acids is 1. The van der Waals surface area contributed by atoms with Crippen molar-refractivity contribution in [2.75, 3.05) is 7.05 Å². The number of likely N-dealkylation sites (N-methyl/N-ethyl adjacent to an activating group) is 1. The lowest BCUT2D eigenvalue weighted by atomic mass is 10.3. The highest BCUT2D eigenvalue weighted by molar-refractivity contribution is 5.75. The third kappa shape index (κ3) is 2.43. The van der Waals surface area contributed by atoms with Crippen LogP contribution in [0.3, 0.4) is 0 Å². The summed E-state index contributed by atoms with van der Waals surface area (Å²) in [5.41, 5.74) is -0.0713. The highest BCUT2D eigenvalue weighted by Gasteiger charge is 2.26. The van der Waals surface area contributed by atoms with E-state index in [0.29, 0.717) is 6.04 Å². The maximum absolute atomic E-state index is 11.9. The van der Waals surface area contributed by atoms with Crippen LogP contribution in [-0.2, 0) is 11.3 Å². The van der Waals surface area contributed by atoms with Crippen molar-refractivity contribution in [2.45, 2.75) is 45.3 Å². The maximum Gasteiger partial charge on any atom is 0.328 e. The molecule has 1 aliphatic carbocycles. The fourth-order valence-corrected chi connectivity index (χ4v) is 1.72. The maximum atomic E-state index is 11.9. The number of amides is 1. The lowest BCUT2D eigenvalue weighted by Crippen LogP contribution is -2.37. The molecule has 0 bridgehead atoms. The van der Waals surface area contributed by atoms with Gasteiger partial charge in [-0.25, -0.2) is 4.79 Å². The SMILES string of the molecule is CC(C)N(C)C(=O)Cn1ccn(C2CC2)c1=O. The largest absolute Gasteiger partial charge is 0.342 e. The molecule has 0 radical (unpaired) electrons. The summed E-state index contributed by atoms with van der Waals surface area (Å²) >= 11 is 0. The van der Waals surface area contributed by atoms with Crippen molar-refractivity contribution < 1.29 is 4.79 Å². The van der Waals surface area contributed by atoms with Crippen LogP contribution in [0.2, 0.25) is 0 Å². The topological polar surface area (TPSA) is 47.2 Å². The average Bonchev–Trinajstić information content (AvgIpc) is 3.05. The first kappa shape index (κ1) is 12.0. The molecule has 0 spiro atoms. The van der Waals surface area contributed by atoms with Gasteiger partial charge in [0.2, 0.25) is 5.91 Å². The minimum atomic E-state index is -0.0713. The van der Waals surface area contributed by atoms with Gasteiger partial charge in [-0.2, -0.15) is 0 Å². The summed E-state index contributed by atoms with van der Waals surface area (Å²) < 4.78 is 3.21. The normalized spacial score (nSPS) is 15.3. The Morgan fingerprint density at radius 3 is 2.65 bits per heavy atom. The van der Waals surface area contributed by atoms with Gasteiger partial charge < -0.3 is 4.90 Å². The number of hydrogen-bond donors (Lipinski definition) is 0. The second-order valence-corrected chi connectivity index (χ2v) is 4.95. The van der Waals surface area contributed by atoms with Crippen LogP contribution in [0, 0.1) is 0 Å². The van der Waals surface area contributed by atoms with Crippen LogP contribution >= 0.6 is 0 Å². The van der Waals surface area contributed by atoms with Gasteiger partial charge in [0.1, 0.15) is 6.54 Å². The number of hydrogen-bond acceptors (Lipinski definition) is 2. The molecule has 1 aromatic heterocycles. The van der Waals surface area contributed by atoms with Gasteiger partial charge in [-0.1, -0.05) is 0 Å². The molecule has 1 saturated carbocycles. The van der Waals surface area contributed by atoms with Crippen molar-refractivity contribution in [3.05, 3.63) is 22.9 Å². The number of nitrogens with zero attached hydrogens (tertiary/aromatic N) is 3. The van der Waals surface area contributed by atoms with Gasteiger partial charge in [0.25, 0.3) is 0 Å². The van der Waals surface area contributed by atoms with Crippen molar-refractivity contribution in [1.82, 2.24) is 14.0 Å². The van der Waals surface area contributed by atoms with E-state index in [1.165, 1.54) is 4.57 Å². The Hall–Kier alpha value is -1.52. The predicted octanol–water partition coefficient (Wildman–Crippen LogP) is 0.852. The van der Waals surface area contributed by atoms with Gasteiger partial charge in [0.15, 0.2) is 0 Å². The molecule has 1 heterocycles. The van der Waals surface area contributed by atoms with E-state index in [1.54, 1.807) is 28.9 Å². The molecule has 1 aliphatic rings. The summed E-state index contributed by atoms with van der Waals surface area (Å²) in [5.74, 6) is -0.0318. The first-order valence-corrected chi connectivity index (χ1v) is 6.03. The summed E-state index contributed by atoms with van der Waals surface area (Å²) in [5, 5.41) is 0. The molecule has 1 fully saturated rings. The quantitative estimate of drug-likeness (QED) is 0.779. The molecule has 17 heavy (non-hydrogen) atoms. The molecule has 2 rings (SSSR count). The Kier molecular flexibility index (Phi) is 3.09. The van der Waals surface area contributed by atoms with E-state index >= 15 is 0 Å². The Bertz CT molecular complexity index is 468. The molecular formula is C12H19N3O2. The van der Waals surface area contributed by atoms with Crippen LogP contribution in [0.15, 0.2) is 17.2 Å². The summed E-state index contributed by atoms with van der Waals surface area (Å²) in [7, 11) is 1.76. The molecule has 0 aromatic carbocycles. The zero-order chi connectivity index (χ0) is 12.6. The number of aromatic nitrogens is 2. The fourth-order valence-electron chi connectivity index (χ4n) is 1.72. The molecule has 94 valence electrons. The van der Waals surface area contributed by atoms with E-state index in [0.717, 1.165) is 12.8 Å². The van der Waals surface area contributed by atoms with Crippen molar-refractivity contribution in [2.24, 2.45) is 0 Å². The molecule has 0 saturated heterocycles. The van der Waals surface area contributed by atoms with Gasteiger partial charge in [0.05, 0.1) is 0 Å². The van der Waals surface area contributed by atoms with Gasteiger partial charge >= 0.3 is 5.69 Å². The van der Waals surface area contributed by atoms with Crippen molar-refractivity contribution >= 4 is 5.91 Å². The zero-order valence-electron chi connectivity index (χ0n) is 10.6. The van der Waals surface area contributed by atoms with Crippen LogP contribution in [0.5, 0.6) is 0 Å². The van der Waals surface area contributed by atoms with Crippen molar-refractivity contribution in [3.63, 3.8) is 0 Å². The standard InChI is InChI=1S/C12H19N3O2/c1-9(2)13(3)11(16)8-14-6-7-15(12(14)17)10-4-5-10/h6-7,9-10H,4-5,8H2,1-3H3. The van der Waals surface area contributed by atoms with Gasteiger partial charge in [-0.3, -0.25) is 13.9 Å². The van der Waals surface area contributed by atoms with Gasteiger partial charge in [-0.15, -0.1) is 0 Å². The van der Waals surface area contributed by atoms with E-state index in [-0.39, 0.29) is 24.2 Å². The monoisotopic (exact) mass is 237 g/mol. The molecule has 1 aromatic rings. The second kappa shape index (κ2) is 4.39.